The van der Waals surface area contributed by atoms with Gasteiger partial charge in [0.25, 0.3) is 5.09 Å². The second-order valence-electron chi connectivity index (χ2n) is 8.18. The Morgan fingerprint density at radius 3 is 2.36 bits per heavy atom. The number of rotatable bonds is 10. The number of methoxy groups -OCH3 is 4. The van der Waals surface area contributed by atoms with Gasteiger partial charge in [-0.25, -0.2) is 0 Å². The quantitative estimate of drug-likeness (QED) is 0.273. The fourth-order valence-electron chi connectivity index (χ4n) is 4.56. The van der Waals surface area contributed by atoms with E-state index in [0.717, 1.165) is 11.1 Å². The lowest BCUT2D eigenvalue weighted by Gasteiger charge is -2.28. The van der Waals surface area contributed by atoms with Crippen LogP contribution in [0.4, 0.5) is 0 Å². The van der Waals surface area contributed by atoms with E-state index in [1.807, 2.05) is 6.07 Å². The van der Waals surface area contributed by atoms with E-state index in [2.05, 4.69) is 4.84 Å². The lowest BCUT2D eigenvalue weighted by Crippen LogP contribution is -2.31. The molecule has 2 aromatic carbocycles. The molecule has 0 heterocycles. The molecule has 2 aromatic rings. The first-order valence-electron chi connectivity index (χ1n) is 11.3. The number of aryl methyl sites for hydroxylation is 1. The molecule has 1 aliphatic carbocycles. The molecule has 0 aromatic heterocycles. The lowest BCUT2D eigenvalue weighted by atomic mass is 9.95. The van der Waals surface area contributed by atoms with Gasteiger partial charge >= 0.3 is 0 Å². The van der Waals surface area contributed by atoms with Crippen molar-refractivity contribution >= 4 is 5.91 Å². The number of fused-ring (bicyclic) bond motifs is 3. The largest absolute Gasteiger partial charge is 0.493 e. The summed E-state index contributed by atoms with van der Waals surface area (Å²) in [5.74, 6) is 1.31. The minimum absolute atomic E-state index is 0.0562. The lowest BCUT2D eigenvalue weighted by molar-refractivity contribution is -0.757. The van der Waals surface area contributed by atoms with Crippen molar-refractivity contribution in [2.45, 2.75) is 31.7 Å². The minimum Gasteiger partial charge on any atom is -0.493 e. The van der Waals surface area contributed by atoms with Crippen LogP contribution in [-0.2, 0) is 16.1 Å². The number of carbonyl (C=O) groups is 1. The summed E-state index contributed by atoms with van der Waals surface area (Å²) in [6.07, 6.45) is 1.32. The summed E-state index contributed by atoms with van der Waals surface area (Å²) in [7, 11) is 7.68. The van der Waals surface area contributed by atoms with Gasteiger partial charge in [0.1, 0.15) is 0 Å². The summed E-state index contributed by atoms with van der Waals surface area (Å²) < 4.78 is 22.2. The van der Waals surface area contributed by atoms with Gasteiger partial charge in [-0.15, -0.1) is 10.1 Å². The summed E-state index contributed by atoms with van der Waals surface area (Å²) in [5.41, 5.74) is 2.65. The van der Waals surface area contributed by atoms with E-state index in [1.165, 1.54) is 27.4 Å². The minimum atomic E-state index is -0.883. The molecule has 11 nitrogen and oxygen atoms in total. The fraction of sp³-hybridized carbons (Fsp3) is 0.440. The SMILES string of the molecule is COc1cc2c(c(OC)c1OC)-c1ccc(OC)c(=O)cc1[C@@H](N(C)C(=O)CCCO[N+](=O)[O-])CC2. The standard InChI is InChI=1S/C25H30N2O9/c1-26(22(29)7-6-12-36-27(30)31)18-10-8-15-13-21(33-3)24(34-4)25(35-5)23(15)16-9-11-20(32-2)19(28)14-17(16)18/h9,11,13-14,18H,6-8,10,12H2,1-5H3/t18-/m0/s1. The van der Waals surface area contributed by atoms with Crippen molar-refractivity contribution in [3.05, 3.63) is 55.7 Å². The molecule has 0 bridgehead atoms. The van der Waals surface area contributed by atoms with Crippen LogP contribution in [0.3, 0.4) is 0 Å². The Morgan fingerprint density at radius 2 is 1.75 bits per heavy atom. The van der Waals surface area contributed by atoms with Gasteiger partial charge in [0, 0.05) is 19.0 Å². The summed E-state index contributed by atoms with van der Waals surface area (Å²) >= 11 is 0. The van der Waals surface area contributed by atoms with Gasteiger partial charge in [0.05, 0.1) is 41.1 Å². The summed E-state index contributed by atoms with van der Waals surface area (Å²) in [6, 6.07) is 6.29. The van der Waals surface area contributed by atoms with Crippen LogP contribution in [0.25, 0.3) is 11.1 Å². The zero-order valence-corrected chi connectivity index (χ0v) is 21.0. The molecule has 3 rings (SSSR count). The Morgan fingerprint density at radius 1 is 1.06 bits per heavy atom. The molecule has 0 saturated heterocycles. The Labute approximate surface area is 208 Å². The Balaban J connectivity index is 2.16. The Bertz CT molecular complexity index is 1200. The maximum absolute atomic E-state index is 13.0. The van der Waals surface area contributed by atoms with Crippen LogP contribution in [0.15, 0.2) is 29.1 Å². The third-order valence-electron chi connectivity index (χ3n) is 6.28. The maximum Gasteiger partial charge on any atom is 0.294 e. The highest BCUT2D eigenvalue weighted by molar-refractivity contribution is 5.83. The second kappa shape index (κ2) is 11.6. The van der Waals surface area contributed by atoms with Crippen LogP contribution in [0.5, 0.6) is 23.0 Å². The average Bonchev–Trinajstić information content (AvgIpc) is 3.12. The number of hydrogen-bond acceptors (Lipinski definition) is 9. The molecular formula is C25H30N2O9. The molecule has 0 N–H and O–H groups in total. The molecule has 0 spiro atoms. The number of carbonyl (C=O) groups excluding carboxylic acids is 1. The fourth-order valence-corrected chi connectivity index (χ4v) is 4.56. The van der Waals surface area contributed by atoms with E-state index in [-0.39, 0.29) is 36.5 Å². The molecule has 0 radical (unpaired) electrons. The van der Waals surface area contributed by atoms with Crippen molar-refractivity contribution in [3.8, 4) is 34.1 Å². The van der Waals surface area contributed by atoms with Crippen molar-refractivity contribution in [2.75, 3.05) is 42.1 Å². The normalized spacial score (nSPS) is 14.0. The van der Waals surface area contributed by atoms with Crippen LogP contribution in [0, 0.1) is 10.1 Å². The van der Waals surface area contributed by atoms with Crippen LogP contribution in [-0.4, -0.2) is 58.0 Å². The molecular weight excluding hydrogens is 472 g/mol. The number of hydrogen-bond donors (Lipinski definition) is 0. The molecule has 194 valence electrons. The highest BCUT2D eigenvalue weighted by Gasteiger charge is 2.32. The van der Waals surface area contributed by atoms with Crippen molar-refractivity contribution in [1.29, 1.82) is 0 Å². The highest BCUT2D eigenvalue weighted by Crippen LogP contribution is 2.50. The van der Waals surface area contributed by atoms with Crippen molar-refractivity contribution in [2.24, 2.45) is 0 Å². The van der Waals surface area contributed by atoms with E-state index in [4.69, 9.17) is 18.9 Å². The molecule has 36 heavy (non-hydrogen) atoms. The molecule has 0 unspecified atom stereocenters. The molecule has 0 saturated carbocycles. The number of amides is 1. The van der Waals surface area contributed by atoms with E-state index in [0.29, 0.717) is 41.2 Å². The molecule has 0 fully saturated rings. The van der Waals surface area contributed by atoms with Gasteiger partial charge in [-0.2, -0.15) is 0 Å². The number of benzene rings is 1. The summed E-state index contributed by atoms with van der Waals surface area (Å²) in [4.78, 5) is 42.3. The van der Waals surface area contributed by atoms with E-state index in [9.17, 15) is 19.7 Å². The monoisotopic (exact) mass is 502 g/mol. The van der Waals surface area contributed by atoms with Crippen LogP contribution >= 0.6 is 0 Å². The van der Waals surface area contributed by atoms with Gasteiger partial charge in [-0.1, -0.05) is 6.07 Å². The zero-order chi connectivity index (χ0) is 26.4. The van der Waals surface area contributed by atoms with Crippen molar-refractivity contribution in [1.82, 2.24) is 4.90 Å². The van der Waals surface area contributed by atoms with Crippen molar-refractivity contribution in [3.63, 3.8) is 0 Å². The van der Waals surface area contributed by atoms with Crippen LogP contribution in [0.1, 0.15) is 36.4 Å². The van der Waals surface area contributed by atoms with Gasteiger partial charge in [0.15, 0.2) is 17.2 Å². The van der Waals surface area contributed by atoms with Gasteiger partial charge in [-0.3, -0.25) is 9.59 Å². The first kappa shape index (κ1) is 26.6. The molecule has 1 amide bonds. The summed E-state index contributed by atoms with van der Waals surface area (Å²) in [6.45, 7) is -0.174. The van der Waals surface area contributed by atoms with E-state index < -0.39 is 11.1 Å². The third-order valence-corrected chi connectivity index (χ3v) is 6.28. The van der Waals surface area contributed by atoms with Gasteiger partial charge in [-0.05, 0) is 54.2 Å². The van der Waals surface area contributed by atoms with E-state index in [1.54, 1.807) is 31.2 Å². The second-order valence-corrected chi connectivity index (χ2v) is 8.18. The average molecular weight is 503 g/mol. The van der Waals surface area contributed by atoms with Gasteiger partial charge in [0.2, 0.25) is 17.1 Å². The number of ether oxygens (including phenoxy) is 4. The van der Waals surface area contributed by atoms with Crippen LogP contribution in [0.2, 0.25) is 0 Å². The Hall–Kier alpha value is -4.02. The first-order chi connectivity index (χ1) is 17.3. The molecule has 0 aliphatic heterocycles. The smallest absolute Gasteiger partial charge is 0.294 e. The predicted molar refractivity (Wildman–Crippen MR) is 130 cm³/mol. The first-order valence-corrected chi connectivity index (χ1v) is 11.3. The molecule has 1 aliphatic rings. The van der Waals surface area contributed by atoms with Crippen LogP contribution < -0.4 is 24.4 Å². The van der Waals surface area contributed by atoms with E-state index >= 15 is 0 Å². The number of nitrogens with zero attached hydrogens (tertiary/aromatic N) is 2. The van der Waals surface area contributed by atoms with Gasteiger partial charge < -0.3 is 28.7 Å². The highest BCUT2D eigenvalue weighted by atomic mass is 16.9. The van der Waals surface area contributed by atoms with Crippen molar-refractivity contribution < 1.29 is 33.7 Å². The topological polar surface area (TPSA) is 127 Å². The third kappa shape index (κ3) is 5.29. The zero-order valence-electron chi connectivity index (χ0n) is 21.0. The summed E-state index contributed by atoms with van der Waals surface area (Å²) in [5, 5.41) is 9.50. The Kier molecular flexibility index (Phi) is 8.57. The molecule has 11 heteroatoms. The predicted octanol–water partition coefficient (Wildman–Crippen LogP) is 3.18. The molecule has 1 atom stereocenters. The maximum atomic E-state index is 13.0.